The van der Waals surface area contributed by atoms with Gasteiger partial charge in [-0.2, -0.15) is 0 Å². The predicted octanol–water partition coefficient (Wildman–Crippen LogP) is -0.939. The smallest absolute Gasteiger partial charge is 0.314 e. The SMILES string of the molecule is CC(=O)O.NC(=O)N1CCNCC1. The molecule has 0 aromatic rings. The molecule has 1 rings (SSSR count). The molecule has 1 heterocycles. The third-order valence-electron chi connectivity index (χ3n) is 1.43. The minimum absolute atomic E-state index is 0.309. The Kier molecular flexibility index (Phi) is 5.62. The summed E-state index contributed by atoms with van der Waals surface area (Å²) in [6.07, 6.45) is 0. The molecule has 0 unspecified atom stereocenters. The van der Waals surface area contributed by atoms with E-state index >= 15 is 0 Å². The van der Waals surface area contributed by atoms with Crippen molar-refractivity contribution in [2.75, 3.05) is 26.2 Å². The number of aliphatic carboxylic acids is 1. The van der Waals surface area contributed by atoms with Crippen molar-refractivity contribution in [1.82, 2.24) is 10.2 Å². The van der Waals surface area contributed by atoms with E-state index < -0.39 is 5.97 Å². The third kappa shape index (κ3) is 7.07. The highest BCUT2D eigenvalue weighted by molar-refractivity contribution is 5.72. The normalized spacial score (nSPS) is 15.6. The molecule has 1 aliphatic rings. The highest BCUT2D eigenvalue weighted by atomic mass is 16.4. The number of rotatable bonds is 0. The van der Waals surface area contributed by atoms with Gasteiger partial charge >= 0.3 is 6.03 Å². The first-order valence-corrected chi connectivity index (χ1v) is 3.98. The van der Waals surface area contributed by atoms with E-state index in [4.69, 9.17) is 15.6 Å². The van der Waals surface area contributed by atoms with Gasteiger partial charge in [-0.3, -0.25) is 4.79 Å². The summed E-state index contributed by atoms with van der Waals surface area (Å²) in [4.78, 5) is 21.1. The minimum atomic E-state index is -0.833. The maximum atomic E-state index is 10.5. The quantitative estimate of drug-likeness (QED) is 0.458. The lowest BCUT2D eigenvalue weighted by Gasteiger charge is -2.25. The van der Waals surface area contributed by atoms with Crippen molar-refractivity contribution in [2.24, 2.45) is 5.73 Å². The zero-order valence-electron chi connectivity index (χ0n) is 7.62. The molecule has 6 nitrogen and oxygen atoms in total. The highest BCUT2D eigenvalue weighted by Crippen LogP contribution is 1.89. The molecule has 0 saturated carbocycles. The molecule has 0 aromatic carbocycles. The van der Waals surface area contributed by atoms with Crippen LogP contribution in [0.15, 0.2) is 0 Å². The van der Waals surface area contributed by atoms with Crippen molar-refractivity contribution < 1.29 is 14.7 Å². The Morgan fingerprint density at radius 3 is 2.00 bits per heavy atom. The Morgan fingerprint density at radius 2 is 1.77 bits per heavy atom. The van der Waals surface area contributed by atoms with Crippen LogP contribution in [0.5, 0.6) is 0 Å². The molecular formula is C7H15N3O3. The lowest BCUT2D eigenvalue weighted by Crippen LogP contribution is -2.48. The zero-order chi connectivity index (χ0) is 10.3. The molecule has 0 aliphatic carbocycles. The van der Waals surface area contributed by atoms with Crippen LogP contribution in [0.25, 0.3) is 0 Å². The lowest BCUT2D eigenvalue weighted by molar-refractivity contribution is -0.134. The second-order valence-corrected chi connectivity index (χ2v) is 2.59. The zero-order valence-corrected chi connectivity index (χ0v) is 7.62. The van der Waals surface area contributed by atoms with E-state index in [0.717, 1.165) is 33.1 Å². The van der Waals surface area contributed by atoms with Crippen molar-refractivity contribution in [3.63, 3.8) is 0 Å². The molecule has 0 spiro atoms. The number of piperazine rings is 1. The number of carbonyl (C=O) groups excluding carboxylic acids is 1. The Bertz CT molecular complexity index is 174. The number of urea groups is 1. The van der Waals surface area contributed by atoms with Crippen molar-refractivity contribution in [3.8, 4) is 0 Å². The lowest BCUT2D eigenvalue weighted by atomic mass is 10.4. The summed E-state index contributed by atoms with van der Waals surface area (Å²) in [5, 5.41) is 10.5. The summed E-state index contributed by atoms with van der Waals surface area (Å²) in [7, 11) is 0. The number of nitrogens with two attached hydrogens (primary N) is 1. The number of carboxylic acids is 1. The predicted molar refractivity (Wildman–Crippen MR) is 47.3 cm³/mol. The fourth-order valence-electron chi connectivity index (χ4n) is 0.885. The number of carbonyl (C=O) groups is 2. The van der Waals surface area contributed by atoms with Gasteiger partial charge in [0.15, 0.2) is 0 Å². The van der Waals surface area contributed by atoms with Gasteiger partial charge in [-0.05, 0) is 0 Å². The van der Waals surface area contributed by atoms with Gasteiger partial charge in [0.2, 0.25) is 0 Å². The molecule has 0 atom stereocenters. The third-order valence-corrected chi connectivity index (χ3v) is 1.43. The van der Waals surface area contributed by atoms with Crippen LogP contribution in [0.1, 0.15) is 6.92 Å². The van der Waals surface area contributed by atoms with Gasteiger partial charge in [-0.15, -0.1) is 0 Å². The molecule has 13 heavy (non-hydrogen) atoms. The molecule has 1 aliphatic heterocycles. The summed E-state index contributed by atoms with van der Waals surface area (Å²) in [6.45, 7) is 4.30. The number of primary amides is 1. The van der Waals surface area contributed by atoms with Gasteiger partial charge in [0.1, 0.15) is 0 Å². The Hall–Kier alpha value is -1.30. The van der Waals surface area contributed by atoms with Crippen LogP contribution < -0.4 is 11.1 Å². The van der Waals surface area contributed by atoms with Crippen molar-refractivity contribution in [1.29, 1.82) is 0 Å². The number of hydrogen-bond donors (Lipinski definition) is 3. The number of hydrogen-bond acceptors (Lipinski definition) is 3. The number of nitrogens with zero attached hydrogens (tertiary/aromatic N) is 1. The molecule has 2 amide bonds. The molecule has 0 bridgehead atoms. The number of nitrogens with one attached hydrogen (secondary N) is 1. The van der Waals surface area contributed by atoms with Crippen LogP contribution >= 0.6 is 0 Å². The largest absolute Gasteiger partial charge is 0.481 e. The summed E-state index contributed by atoms with van der Waals surface area (Å²) in [5.41, 5.74) is 5.03. The van der Waals surface area contributed by atoms with Crippen LogP contribution in [0, 0.1) is 0 Å². The topological polar surface area (TPSA) is 95.7 Å². The van der Waals surface area contributed by atoms with E-state index in [-0.39, 0.29) is 6.03 Å². The first kappa shape index (κ1) is 11.7. The fraction of sp³-hybridized carbons (Fsp3) is 0.714. The van der Waals surface area contributed by atoms with E-state index in [2.05, 4.69) is 5.32 Å². The average Bonchev–Trinajstić information content (AvgIpc) is 2.05. The van der Waals surface area contributed by atoms with Crippen molar-refractivity contribution in [3.05, 3.63) is 0 Å². The van der Waals surface area contributed by atoms with Crippen LogP contribution in [-0.2, 0) is 4.79 Å². The van der Waals surface area contributed by atoms with Crippen LogP contribution in [0.4, 0.5) is 4.79 Å². The average molecular weight is 189 g/mol. The van der Waals surface area contributed by atoms with Crippen LogP contribution in [-0.4, -0.2) is 48.2 Å². The molecule has 6 heteroatoms. The van der Waals surface area contributed by atoms with Gasteiger partial charge in [-0.25, -0.2) is 4.79 Å². The molecule has 0 radical (unpaired) electrons. The van der Waals surface area contributed by atoms with E-state index in [1.165, 1.54) is 0 Å². The summed E-state index contributed by atoms with van der Waals surface area (Å²) in [5.74, 6) is -0.833. The first-order chi connectivity index (χ1) is 6.04. The van der Waals surface area contributed by atoms with Crippen LogP contribution in [0.2, 0.25) is 0 Å². The van der Waals surface area contributed by atoms with Gasteiger partial charge in [0.05, 0.1) is 0 Å². The summed E-state index contributed by atoms with van der Waals surface area (Å²) in [6, 6.07) is -0.309. The second-order valence-electron chi connectivity index (χ2n) is 2.59. The monoisotopic (exact) mass is 189 g/mol. The maximum Gasteiger partial charge on any atom is 0.314 e. The van der Waals surface area contributed by atoms with E-state index in [9.17, 15) is 4.79 Å². The van der Waals surface area contributed by atoms with E-state index in [0.29, 0.717) is 0 Å². The standard InChI is InChI=1S/C5H11N3O.C2H4O2/c6-5(9)8-3-1-7-2-4-8;1-2(3)4/h7H,1-4H2,(H2,6,9);1H3,(H,3,4). The summed E-state index contributed by atoms with van der Waals surface area (Å²) >= 11 is 0. The minimum Gasteiger partial charge on any atom is -0.481 e. The molecule has 4 N–H and O–H groups in total. The van der Waals surface area contributed by atoms with Crippen LogP contribution in [0.3, 0.4) is 0 Å². The molecule has 1 fully saturated rings. The molecule has 1 saturated heterocycles. The van der Waals surface area contributed by atoms with Gasteiger partial charge in [0.25, 0.3) is 5.97 Å². The van der Waals surface area contributed by atoms with Gasteiger partial charge in [0, 0.05) is 33.1 Å². The first-order valence-electron chi connectivity index (χ1n) is 3.98. The summed E-state index contributed by atoms with van der Waals surface area (Å²) < 4.78 is 0. The Morgan fingerprint density at radius 1 is 1.38 bits per heavy atom. The Labute approximate surface area is 76.7 Å². The Balaban J connectivity index is 0.000000310. The van der Waals surface area contributed by atoms with Crippen molar-refractivity contribution in [2.45, 2.75) is 6.92 Å². The molecule has 76 valence electrons. The fourth-order valence-corrected chi connectivity index (χ4v) is 0.885. The molecular weight excluding hydrogens is 174 g/mol. The molecule has 0 aromatic heterocycles. The number of amides is 2. The number of carboxylic acid groups (broad SMARTS) is 1. The van der Waals surface area contributed by atoms with E-state index in [1.807, 2.05) is 0 Å². The second kappa shape index (κ2) is 6.24. The maximum absolute atomic E-state index is 10.5. The van der Waals surface area contributed by atoms with Gasteiger partial charge in [-0.1, -0.05) is 0 Å². The van der Waals surface area contributed by atoms with Crippen molar-refractivity contribution >= 4 is 12.0 Å². The highest BCUT2D eigenvalue weighted by Gasteiger charge is 2.11. The van der Waals surface area contributed by atoms with Gasteiger partial charge < -0.3 is 21.1 Å². The van der Waals surface area contributed by atoms with E-state index in [1.54, 1.807) is 4.90 Å².